The second-order valence-corrected chi connectivity index (χ2v) is 6.66. The van der Waals surface area contributed by atoms with Crippen molar-refractivity contribution in [3.63, 3.8) is 0 Å². The normalized spacial score (nSPS) is 15.4. The maximum atomic E-state index is 14.2. The first-order valence-corrected chi connectivity index (χ1v) is 8.19. The number of halogens is 1. The van der Waals surface area contributed by atoms with Crippen LogP contribution in [0.3, 0.4) is 0 Å². The van der Waals surface area contributed by atoms with Crippen LogP contribution < -0.4 is 5.73 Å². The van der Waals surface area contributed by atoms with E-state index in [1.165, 1.54) is 12.8 Å². The van der Waals surface area contributed by atoms with Gasteiger partial charge in [0.1, 0.15) is 5.82 Å². The van der Waals surface area contributed by atoms with Gasteiger partial charge in [-0.25, -0.2) is 4.39 Å². The summed E-state index contributed by atoms with van der Waals surface area (Å²) in [5.41, 5.74) is 6.99. The van der Waals surface area contributed by atoms with Crippen molar-refractivity contribution in [2.24, 2.45) is 5.73 Å². The Labute approximate surface area is 123 Å². The van der Waals surface area contributed by atoms with Crippen molar-refractivity contribution in [1.29, 1.82) is 0 Å². The van der Waals surface area contributed by atoms with Gasteiger partial charge < -0.3 is 5.73 Å². The van der Waals surface area contributed by atoms with Crippen molar-refractivity contribution in [1.82, 2.24) is 4.90 Å². The molecule has 0 amide bonds. The number of nitrogens with two attached hydrogens (primary N) is 1. The number of hydrogen-bond acceptors (Lipinski definition) is 3. The van der Waals surface area contributed by atoms with Crippen molar-refractivity contribution in [3.8, 4) is 0 Å². The van der Waals surface area contributed by atoms with Crippen molar-refractivity contribution in [2.45, 2.75) is 45.3 Å². The molecule has 2 aromatic rings. The Morgan fingerprint density at radius 2 is 2.20 bits per heavy atom. The van der Waals surface area contributed by atoms with Crippen LogP contribution in [0.15, 0.2) is 18.2 Å². The van der Waals surface area contributed by atoms with E-state index >= 15 is 0 Å². The summed E-state index contributed by atoms with van der Waals surface area (Å²) in [7, 11) is 0. The molecular formula is C16H21FN2S. The summed E-state index contributed by atoms with van der Waals surface area (Å²) < 4.78 is 15.2. The van der Waals surface area contributed by atoms with Crippen LogP contribution in [-0.2, 0) is 13.1 Å². The molecular weight excluding hydrogens is 271 g/mol. The summed E-state index contributed by atoms with van der Waals surface area (Å²) in [5, 5.41) is 0.791. The van der Waals surface area contributed by atoms with Crippen molar-refractivity contribution >= 4 is 21.4 Å². The summed E-state index contributed by atoms with van der Waals surface area (Å²) in [6.45, 7) is 4.62. The lowest BCUT2D eigenvalue weighted by molar-refractivity contribution is 0.256. The van der Waals surface area contributed by atoms with Crippen molar-refractivity contribution in [2.75, 3.05) is 6.54 Å². The van der Waals surface area contributed by atoms with Crippen LogP contribution in [0.4, 0.5) is 4.39 Å². The van der Waals surface area contributed by atoms with Crippen LogP contribution in [-0.4, -0.2) is 17.5 Å². The smallest absolute Gasteiger partial charge is 0.132 e. The summed E-state index contributed by atoms with van der Waals surface area (Å²) in [6, 6.07) is 6.03. The van der Waals surface area contributed by atoms with E-state index in [2.05, 4.69) is 11.8 Å². The molecule has 1 aliphatic rings. The molecule has 2 nitrogen and oxygen atoms in total. The average molecular weight is 292 g/mol. The monoisotopic (exact) mass is 292 g/mol. The summed E-state index contributed by atoms with van der Waals surface area (Å²) >= 11 is 1.64. The van der Waals surface area contributed by atoms with E-state index in [0.717, 1.165) is 40.0 Å². The minimum atomic E-state index is -0.110. The Hall–Kier alpha value is -0.970. The molecule has 4 heteroatoms. The second-order valence-electron chi connectivity index (χ2n) is 5.52. The van der Waals surface area contributed by atoms with Crippen molar-refractivity contribution < 1.29 is 4.39 Å². The Balaban J connectivity index is 2.00. The van der Waals surface area contributed by atoms with Gasteiger partial charge in [0.05, 0.1) is 0 Å². The highest BCUT2D eigenvalue weighted by Gasteiger charge is 2.29. The summed E-state index contributed by atoms with van der Waals surface area (Å²) in [6.07, 6.45) is 3.70. The average Bonchev–Trinajstić information content (AvgIpc) is 3.22. The molecule has 108 valence electrons. The molecule has 2 N–H and O–H groups in total. The molecule has 0 bridgehead atoms. The first-order chi connectivity index (χ1) is 9.74. The fourth-order valence-corrected chi connectivity index (χ4v) is 3.98. The van der Waals surface area contributed by atoms with Gasteiger partial charge in [0, 0.05) is 34.1 Å². The predicted molar refractivity (Wildman–Crippen MR) is 83.4 cm³/mol. The number of hydrogen-bond donors (Lipinski definition) is 1. The van der Waals surface area contributed by atoms with Crippen LogP contribution >= 0.6 is 11.3 Å². The molecule has 0 atom stereocenters. The molecule has 1 heterocycles. The second kappa shape index (κ2) is 5.80. The maximum absolute atomic E-state index is 14.2. The Morgan fingerprint density at radius 1 is 1.40 bits per heavy atom. The van der Waals surface area contributed by atoms with Crippen LogP contribution in [0.5, 0.6) is 0 Å². The van der Waals surface area contributed by atoms with Gasteiger partial charge in [-0.1, -0.05) is 13.0 Å². The van der Waals surface area contributed by atoms with E-state index in [0.29, 0.717) is 12.6 Å². The van der Waals surface area contributed by atoms with Gasteiger partial charge in [0.15, 0.2) is 0 Å². The predicted octanol–water partition coefficient (Wildman–Crippen LogP) is 3.87. The van der Waals surface area contributed by atoms with E-state index in [1.54, 1.807) is 23.5 Å². The molecule has 0 radical (unpaired) electrons. The highest BCUT2D eigenvalue weighted by atomic mass is 32.1. The number of fused-ring (bicyclic) bond motifs is 1. The van der Waals surface area contributed by atoms with E-state index in [4.69, 9.17) is 5.73 Å². The number of thiophene rings is 1. The summed E-state index contributed by atoms with van der Waals surface area (Å²) in [4.78, 5) is 3.62. The molecule has 1 fully saturated rings. The largest absolute Gasteiger partial charge is 0.326 e. The van der Waals surface area contributed by atoms with Gasteiger partial charge in [0.2, 0.25) is 0 Å². The SMILES string of the molecule is CCCN(Cc1c(CN)sc2cccc(F)c12)C1CC1. The first-order valence-electron chi connectivity index (χ1n) is 7.37. The molecule has 1 aromatic heterocycles. The first kappa shape index (κ1) is 14.0. The zero-order valence-corrected chi connectivity index (χ0v) is 12.7. The third-order valence-electron chi connectivity index (χ3n) is 3.97. The number of benzene rings is 1. The highest BCUT2D eigenvalue weighted by Crippen LogP contribution is 2.36. The van der Waals surface area contributed by atoms with E-state index in [-0.39, 0.29) is 5.82 Å². The van der Waals surface area contributed by atoms with Gasteiger partial charge >= 0.3 is 0 Å². The molecule has 0 saturated heterocycles. The van der Waals surface area contributed by atoms with Gasteiger partial charge in [-0.3, -0.25) is 4.90 Å². The minimum Gasteiger partial charge on any atom is -0.326 e. The molecule has 1 aliphatic carbocycles. The number of nitrogens with zero attached hydrogens (tertiary/aromatic N) is 1. The van der Waals surface area contributed by atoms with E-state index in [1.807, 2.05) is 6.07 Å². The fraction of sp³-hybridized carbons (Fsp3) is 0.500. The molecule has 0 unspecified atom stereocenters. The zero-order valence-electron chi connectivity index (χ0n) is 11.9. The molecule has 20 heavy (non-hydrogen) atoms. The van der Waals surface area contributed by atoms with Gasteiger partial charge in [-0.2, -0.15) is 0 Å². The lowest BCUT2D eigenvalue weighted by Gasteiger charge is -2.21. The zero-order chi connectivity index (χ0) is 14.1. The third kappa shape index (κ3) is 2.60. The van der Waals surface area contributed by atoms with Gasteiger partial charge in [-0.15, -0.1) is 11.3 Å². The minimum absolute atomic E-state index is 0.110. The lowest BCUT2D eigenvalue weighted by atomic mass is 10.1. The quantitative estimate of drug-likeness (QED) is 0.875. The topological polar surface area (TPSA) is 29.3 Å². The molecule has 1 saturated carbocycles. The Morgan fingerprint density at radius 3 is 2.85 bits per heavy atom. The number of rotatable bonds is 6. The van der Waals surface area contributed by atoms with Crippen LogP contribution in [0.2, 0.25) is 0 Å². The third-order valence-corrected chi connectivity index (χ3v) is 5.19. The maximum Gasteiger partial charge on any atom is 0.132 e. The van der Waals surface area contributed by atoms with Crippen LogP contribution in [0.25, 0.3) is 10.1 Å². The Kier molecular flexibility index (Phi) is 4.06. The molecule has 0 aliphatic heterocycles. The van der Waals surface area contributed by atoms with Crippen LogP contribution in [0, 0.1) is 5.82 Å². The van der Waals surface area contributed by atoms with E-state index < -0.39 is 0 Å². The molecule has 0 spiro atoms. The van der Waals surface area contributed by atoms with Gasteiger partial charge in [-0.05, 0) is 43.5 Å². The fourth-order valence-electron chi connectivity index (χ4n) is 2.87. The lowest BCUT2D eigenvalue weighted by Crippen LogP contribution is -2.26. The van der Waals surface area contributed by atoms with Crippen LogP contribution in [0.1, 0.15) is 36.6 Å². The standard InChI is InChI=1S/C16H21FN2S/c1-2-8-19(11-6-7-11)10-12-15(9-18)20-14-5-3-4-13(17)16(12)14/h3-5,11H,2,6-10,18H2,1H3. The molecule has 3 rings (SSSR count). The Bertz CT molecular complexity index is 604. The van der Waals surface area contributed by atoms with Gasteiger partial charge in [0.25, 0.3) is 0 Å². The summed E-state index contributed by atoms with van der Waals surface area (Å²) in [5.74, 6) is -0.110. The molecule has 1 aromatic carbocycles. The van der Waals surface area contributed by atoms with E-state index in [9.17, 15) is 4.39 Å². The highest BCUT2D eigenvalue weighted by molar-refractivity contribution is 7.19. The van der Waals surface area contributed by atoms with Crippen molar-refractivity contribution in [3.05, 3.63) is 34.5 Å².